The van der Waals surface area contributed by atoms with Crippen LogP contribution in [0.3, 0.4) is 0 Å². The van der Waals surface area contributed by atoms with Gasteiger partial charge in [0.1, 0.15) is 0 Å². The van der Waals surface area contributed by atoms with E-state index in [0.29, 0.717) is 24.5 Å². The Morgan fingerprint density at radius 2 is 1.71 bits per heavy atom. The standard InChI is InChI=1S/C19H23N3O5S/c1-13-6-7-15(20-14(2)23)16(12-13)21-19(24)17-8-9-18(27-17)28(25,26)22-10-4-3-5-11-22/h6-9,12H,3-5,10-11H2,1-2H3,(H,20,23)(H,21,24). The average Bonchev–Trinajstić information content (AvgIpc) is 3.15. The maximum absolute atomic E-state index is 12.7. The molecule has 0 radical (unpaired) electrons. The highest BCUT2D eigenvalue weighted by molar-refractivity contribution is 7.89. The molecule has 0 spiro atoms. The van der Waals surface area contributed by atoms with Gasteiger partial charge in [0.25, 0.3) is 15.9 Å². The molecule has 2 aromatic rings. The molecule has 0 aliphatic carbocycles. The highest BCUT2D eigenvalue weighted by Gasteiger charge is 2.29. The summed E-state index contributed by atoms with van der Waals surface area (Å²) in [6, 6.07) is 7.82. The van der Waals surface area contributed by atoms with E-state index in [-0.39, 0.29) is 16.8 Å². The number of carbonyl (C=O) groups excluding carboxylic acids is 2. The number of furan rings is 1. The summed E-state index contributed by atoms with van der Waals surface area (Å²) in [5, 5.41) is 5.06. The minimum absolute atomic E-state index is 0.120. The lowest BCUT2D eigenvalue weighted by Crippen LogP contribution is -2.35. The first-order valence-corrected chi connectivity index (χ1v) is 10.5. The number of anilines is 2. The van der Waals surface area contributed by atoms with Crippen LogP contribution in [0.5, 0.6) is 0 Å². The van der Waals surface area contributed by atoms with E-state index >= 15 is 0 Å². The van der Waals surface area contributed by atoms with Gasteiger partial charge in [-0.1, -0.05) is 12.5 Å². The van der Waals surface area contributed by atoms with Crippen molar-refractivity contribution in [3.05, 3.63) is 41.7 Å². The molecule has 0 unspecified atom stereocenters. The minimum Gasteiger partial charge on any atom is -0.438 e. The summed E-state index contributed by atoms with van der Waals surface area (Å²) >= 11 is 0. The summed E-state index contributed by atoms with van der Waals surface area (Å²) in [4.78, 5) is 23.9. The molecule has 1 saturated heterocycles. The molecule has 1 aliphatic heterocycles. The molecular formula is C19H23N3O5S. The number of piperidine rings is 1. The van der Waals surface area contributed by atoms with Crippen molar-refractivity contribution in [3.63, 3.8) is 0 Å². The Hall–Kier alpha value is -2.65. The van der Waals surface area contributed by atoms with E-state index in [9.17, 15) is 18.0 Å². The first kappa shape index (κ1) is 20.1. The van der Waals surface area contributed by atoms with Crippen LogP contribution in [0.2, 0.25) is 0 Å². The smallest absolute Gasteiger partial charge is 0.291 e. The molecule has 0 saturated carbocycles. The third-order valence-corrected chi connectivity index (χ3v) is 6.22. The zero-order valence-electron chi connectivity index (χ0n) is 15.8. The molecule has 1 aromatic heterocycles. The summed E-state index contributed by atoms with van der Waals surface area (Å²) in [5.41, 5.74) is 1.73. The van der Waals surface area contributed by atoms with E-state index in [4.69, 9.17) is 4.42 Å². The number of rotatable bonds is 5. The lowest BCUT2D eigenvalue weighted by molar-refractivity contribution is -0.114. The maximum atomic E-state index is 12.7. The third-order valence-electron chi connectivity index (χ3n) is 4.45. The normalized spacial score (nSPS) is 15.2. The van der Waals surface area contributed by atoms with Gasteiger partial charge in [0, 0.05) is 20.0 Å². The van der Waals surface area contributed by atoms with Gasteiger partial charge in [-0.25, -0.2) is 8.42 Å². The van der Waals surface area contributed by atoms with Gasteiger partial charge in [0.2, 0.25) is 11.0 Å². The average molecular weight is 405 g/mol. The van der Waals surface area contributed by atoms with Crippen LogP contribution in [0, 0.1) is 6.92 Å². The minimum atomic E-state index is -3.75. The Morgan fingerprint density at radius 1 is 1.00 bits per heavy atom. The number of aryl methyl sites for hydroxylation is 1. The number of hydrogen-bond acceptors (Lipinski definition) is 5. The summed E-state index contributed by atoms with van der Waals surface area (Å²) < 4.78 is 32.0. The second kappa shape index (κ2) is 8.15. The number of hydrogen-bond donors (Lipinski definition) is 2. The molecule has 8 nitrogen and oxygen atoms in total. The molecule has 2 amide bonds. The van der Waals surface area contributed by atoms with Crippen LogP contribution in [0.4, 0.5) is 11.4 Å². The summed E-state index contributed by atoms with van der Waals surface area (Å²) in [6.45, 7) is 4.13. The number of sulfonamides is 1. The second-order valence-corrected chi connectivity index (χ2v) is 8.64. The fourth-order valence-electron chi connectivity index (χ4n) is 3.06. The second-order valence-electron chi connectivity index (χ2n) is 6.77. The van der Waals surface area contributed by atoms with Gasteiger partial charge in [0.05, 0.1) is 11.4 Å². The van der Waals surface area contributed by atoms with E-state index in [1.54, 1.807) is 18.2 Å². The highest BCUT2D eigenvalue weighted by atomic mass is 32.2. The van der Waals surface area contributed by atoms with Crippen molar-refractivity contribution in [1.82, 2.24) is 4.31 Å². The SMILES string of the molecule is CC(=O)Nc1ccc(C)cc1NC(=O)c1ccc(S(=O)(=O)N2CCCCC2)o1. The fourth-order valence-corrected chi connectivity index (χ4v) is 4.49. The first-order chi connectivity index (χ1) is 13.3. The van der Waals surface area contributed by atoms with E-state index in [1.807, 2.05) is 6.92 Å². The molecule has 2 heterocycles. The molecular weight excluding hydrogens is 382 g/mol. The summed E-state index contributed by atoms with van der Waals surface area (Å²) in [5.74, 6) is -0.990. The van der Waals surface area contributed by atoms with Crippen molar-refractivity contribution in [3.8, 4) is 0 Å². The quantitative estimate of drug-likeness (QED) is 0.795. The molecule has 9 heteroatoms. The van der Waals surface area contributed by atoms with Crippen molar-refractivity contribution < 1.29 is 22.4 Å². The molecule has 150 valence electrons. The zero-order chi connectivity index (χ0) is 20.3. The van der Waals surface area contributed by atoms with Gasteiger partial charge in [-0.2, -0.15) is 4.31 Å². The lowest BCUT2D eigenvalue weighted by atomic mass is 10.2. The Kier molecular flexibility index (Phi) is 5.85. The van der Waals surface area contributed by atoms with Gasteiger partial charge in [-0.15, -0.1) is 0 Å². The molecule has 1 fully saturated rings. The first-order valence-electron chi connectivity index (χ1n) is 9.07. The Balaban J connectivity index is 1.80. The summed E-state index contributed by atoms with van der Waals surface area (Å²) in [7, 11) is -3.75. The van der Waals surface area contributed by atoms with E-state index in [1.165, 1.54) is 23.4 Å². The largest absolute Gasteiger partial charge is 0.438 e. The monoisotopic (exact) mass is 405 g/mol. The van der Waals surface area contributed by atoms with Crippen molar-refractivity contribution in [1.29, 1.82) is 0 Å². The van der Waals surface area contributed by atoms with Crippen molar-refractivity contribution in [2.75, 3.05) is 23.7 Å². The third kappa shape index (κ3) is 4.42. The molecule has 1 aromatic carbocycles. The van der Waals surface area contributed by atoms with Gasteiger partial charge in [-0.05, 0) is 49.6 Å². The Bertz CT molecular complexity index is 991. The van der Waals surface area contributed by atoms with Crippen molar-refractivity contribution in [2.24, 2.45) is 0 Å². The molecule has 3 rings (SSSR count). The van der Waals surface area contributed by atoms with Crippen molar-refractivity contribution >= 4 is 33.2 Å². The maximum Gasteiger partial charge on any atom is 0.291 e. The van der Waals surface area contributed by atoms with E-state index < -0.39 is 15.9 Å². The Labute approximate surface area is 164 Å². The number of nitrogens with one attached hydrogen (secondary N) is 2. The van der Waals surface area contributed by atoms with E-state index in [0.717, 1.165) is 24.8 Å². The van der Waals surface area contributed by atoms with Crippen LogP contribution in [0.25, 0.3) is 0 Å². The van der Waals surface area contributed by atoms with Gasteiger partial charge >= 0.3 is 0 Å². The topological polar surface area (TPSA) is 109 Å². The van der Waals surface area contributed by atoms with Gasteiger partial charge in [-0.3, -0.25) is 9.59 Å². The molecule has 0 bridgehead atoms. The zero-order valence-corrected chi connectivity index (χ0v) is 16.6. The number of carbonyl (C=O) groups is 2. The molecule has 2 N–H and O–H groups in total. The van der Waals surface area contributed by atoms with Gasteiger partial charge < -0.3 is 15.1 Å². The van der Waals surface area contributed by atoms with Crippen LogP contribution < -0.4 is 10.6 Å². The predicted molar refractivity (Wildman–Crippen MR) is 105 cm³/mol. The van der Waals surface area contributed by atoms with Gasteiger partial charge in [0.15, 0.2) is 5.76 Å². The van der Waals surface area contributed by atoms with Crippen LogP contribution in [0.1, 0.15) is 42.3 Å². The lowest BCUT2D eigenvalue weighted by Gasteiger charge is -2.24. The van der Waals surface area contributed by atoms with Crippen molar-refractivity contribution in [2.45, 2.75) is 38.2 Å². The fraction of sp³-hybridized carbons (Fsp3) is 0.368. The number of benzene rings is 1. The predicted octanol–water partition coefficient (Wildman–Crippen LogP) is 2.97. The Morgan fingerprint density at radius 3 is 2.39 bits per heavy atom. The van der Waals surface area contributed by atoms with Crippen LogP contribution in [0.15, 0.2) is 39.8 Å². The number of amides is 2. The molecule has 1 aliphatic rings. The van der Waals surface area contributed by atoms with Crippen LogP contribution in [-0.4, -0.2) is 37.6 Å². The van der Waals surface area contributed by atoms with Crippen LogP contribution in [-0.2, 0) is 14.8 Å². The highest BCUT2D eigenvalue weighted by Crippen LogP contribution is 2.26. The van der Waals surface area contributed by atoms with Crippen LogP contribution >= 0.6 is 0 Å². The molecule has 28 heavy (non-hydrogen) atoms. The molecule has 0 atom stereocenters. The van der Waals surface area contributed by atoms with E-state index in [2.05, 4.69) is 10.6 Å². The number of nitrogens with zero attached hydrogens (tertiary/aromatic N) is 1. The summed E-state index contributed by atoms with van der Waals surface area (Å²) in [6.07, 6.45) is 2.63.